The molecule has 0 spiro atoms. The molecular weight excluding hydrogens is 454 g/mol. The number of halogens is 1. The molecule has 0 unspecified atom stereocenters. The smallest absolute Gasteiger partial charge is 0.311 e. The molecular formula is C25H30BrN3O2. The SMILES string of the molecule is CCCCCC(=O)Oc1ccccc1-c1nc2ccc(Br)cn2c1NC1CCCCC1. The predicted octanol–water partition coefficient (Wildman–Crippen LogP) is 6.99. The highest BCUT2D eigenvalue weighted by Crippen LogP contribution is 2.37. The van der Waals surface area contributed by atoms with Crippen LogP contribution in [0.25, 0.3) is 16.9 Å². The van der Waals surface area contributed by atoms with Crippen molar-refractivity contribution in [1.29, 1.82) is 0 Å². The molecule has 31 heavy (non-hydrogen) atoms. The summed E-state index contributed by atoms with van der Waals surface area (Å²) in [4.78, 5) is 17.3. The molecule has 1 aliphatic carbocycles. The first kappa shape index (κ1) is 21.9. The summed E-state index contributed by atoms with van der Waals surface area (Å²) in [5, 5.41) is 3.76. The number of imidazole rings is 1. The Hall–Kier alpha value is -2.34. The molecule has 0 saturated heterocycles. The number of unbranched alkanes of at least 4 members (excludes halogenated alkanes) is 2. The standard InChI is InChI=1S/C25H30BrN3O2/c1-2-3-5-14-23(30)31-21-13-9-8-12-20(21)24-25(27-19-10-6-4-7-11-19)29-17-18(26)15-16-22(29)28-24/h8-9,12-13,15-17,19,27H,2-7,10-11,14H2,1H3. The van der Waals surface area contributed by atoms with E-state index in [2.05, 4.69) is 32.6 Å². The van der Waals surface area contributed by atoms with E-state index in [1.165, 1.54) is 19.3 Å². The molecule has 0 atom stereocenters. The van der Waals surface area contributed by atoms with E-state index in [1.807, 2.05) is 42.6 Å². The highest BCUT2D eigenvalue weighted by molar-refractivity contribution is 9.10. The van der Waals surface area contributed by atoms with Crippen LogP contribution >= 0.6 is 15.9 Å². The predicted molar refractivity (Wildman–Crippen MR) is 129 cm³/mol. The lowest BCUT2D eigenvalue weighted by atomic mass is 9.95. The van der Waals surface area contributed by atoms with Gasteiger partial charge in [-0.25, -0.2) is 4.98 Å². The summed E-state index contributed by atoms with van der Waals surface area (Å²) in [7, 11) is 0. The summed E-state index contributed by atoms with van der Waals surface area (Å²) in [6.45, 7) is 2.13. The van der Waals surface area contributed by atoms with E-state index in [1.54, 1.807) is 0 Å². The lowest BCUT2D eigenvalue weighted by Crippen LogP contribution is -2.23. The van der Waals surface area contributed by atoms with Crippen LogP contribution in [-0.2, 0) is 4.79 Å². The molecule has 6 heteroatoms. The first-order chi connectivity index (χ1) is 15.2. The number of nitrogens with zero attached hydrogens (tertiary/aromatic N) is 2. The second kappa shape index (κ2) is 10.3. The maximum atomic E-state index is 12.4. The molecule has 1 aromatic carbocycles. The number of carbonyl (C=O) groups is 1. The van der Waals surface area contributed by atoms with Crippen molar-refractivity contribution in [3.8, 4) is 17.0 Å². The van der Waals surface area contributed by atoms with Gasteiger partial charge in [0.15, 0.2) is 0 Å². The fourth-order valence-corrected chi connectivity index (χ4v) is 4.57. The van der Waals surface area contributed by atoms with Crippen LogP contribution in [0.15, 0.2) is 47.1 Å². The number of hydrogen-bond donors (Lipinski definition) is 1. The second-order valence-electron chi connectivity index (χ2n) is 8.29. The number of ether oxygens (including phenoxy) is 1. The van der Waals surface area contributed by atoms with Gasteiger partial charge in [0.2, 0.25) is 0 Å². The highest BCUT2D eigenvalue weighted by Gasteiger charge is 2.22. The number of fused-ring (bicyclic) bond motifs is 1. The van der Waals surface area contributed by atoms with E-state index >= 15 is 0 Å². The Morgan fingerprint density at radius 2 is 1.97 bits per heavy atom. The lowest BCUT2D eigenvalue weighted by molar-refractivity contribution is -0.134. The van der Waals surface area contributed by atoms with Crippen molar-refractivity contribution in [1.82, 2.24) is 9.38 Å². The van der Waals surface area contributed by atoms with E-state index in [0.717, 1.165) is 59.3 Å². The van der Waals surface area contributed by atoms with E-state index in [0.29, 0.717) is 18.2 Å². The average Bonchev–Trinajstić information content (AvgIpc) is 3.12. The van der Waals surface area contributed by atoms with Gasteiger partial charge in [0.25, 0.3) is 0 Å². The molecule has 0 amide bonds. The summed E-state index contributed by atoms with van der Waals surface area (Å²) in [6.07, 6.45) is 11.6. The van der Waals surface area contributed by atoms with Gasteiger partial charge >= 0.3 is 5.97 Å². The van der Waals surface area contributed by atoms with Crippen LogP contribution in [0, 0.1) is 0 Å². The number of aromatic nitrogens is 2. The minimum Gasteiger partial charge on any atom is -0.426 e. The molecule has 5 nitrogen and oxygen atoms in total. The number of esters is 1. The average molecular weight is 484 g/mol. The third kappa shape index (κ3) is 5.29. The van der Waals surface area contributed by atoms with Crippen molar-refractivity contribution >= 4 is 33.4 Å². The van der Waals surface area contributed by atoms with E-state index in [-0.39, 0.29) is 5.97 Å². The highest BCUT2D eigenvalue weighted by atomic mass is 79.9. The molecule has 3 aromatic rings. The molecule has 164 valence electrons. The maximum Gasteiger partial charge on any atom is 0.311 e. The Bertz CT molecular complexity index is 1040. The molecule has 1 N–H and O–H groups in total. The lowest BCUT2D eigenvalue weighted by Gasteiger charge is -2.24. The summed E-state index contributed by atoms with van der Waals surface area (Å²) >= 11 is 3.59. The largest absolute Gasteiger partial charge is 0.426 e. The van der Waals surface area contributed by atoms with Gasteiger partial charge in [-0.3, -0.25) is 9.20 Å². The van der Waals surface area contributed by atoms with Gasteiger partial charge in [0.1, 0.15) is 22.9 Å². The zero-order valence-corrected chi connectivity index (χ0v) is 19.7. The summed E-state index contributed by atoms with van der Waals surface area (Å²) in [5.74, 6) is 1.34. The first-order valence-electron chi connectivity index (χ1n) is 11.4. The van der Waals surface area contributed by atoms with Gasteiger partial charge in [-0.15, -0.1) is 0 Å². The van der Waals surface area contributed by atoms with Crippen LogP contribution in [0.4, 0.5) is 5.82 Å². The van der Waals surface area contributed by atoms with Crippen LogP contribution in [0.3, 0.4) is 0 Å². The summed E-state index contributed by atoms with van der Waals surface area (Å²) < 4.78 is 8.87. The fraction of sp³-hybridized carbons (Fsp3) is 0.440. The molecule has 2 aromatic heterocycles. The molecule has 0 aliphatic heterocycles. The Morgan fingerprint density at radius 3 is 2.77 bits per heavy atom. The minimum atomic E-state index is -0.186. The van der Waals surface area contributed by atoms with Crippen molar-refractivity contribution in [3.63, 3.8) is 0 Å². The normalized spacial score (nSPS) is 14.6. The van der Waals surface area contributed by atoms with E-state index < -0.39 is 0 Å². The van der Waals surface area contributed by atoms with Crippen molar-refractivity contribution in [2.45, 2.75) is 70.8 Å². The second-order valence-corrected chi connectivity index (χ2v) is 9.21. The molecule has 1 fully saturated rings. The van der Waals surface area contributed by atoms with Crippen molar-refractivity contribution < 1.29 is 9.53 Å². The van der Waals surface area contributed by atoms with Crippen molar-refractivity contribution in [3.05, 3.63) is 47.1 Å². The third-order valence-electron chi connectivity index (χ3n) is 5.88. The van der Waals surface area contributed by atoms with E-state index in [4.69, 9.17) is 9.72 Å². The Morgan fingerprint density at radius 1 is 1.16 bits per heavy atom. The van der Waals surface area contributed by atoms with Gasteiger partial charge < -0.3 is 10.1 Å². The number of rotatable bonds is 8. The van der Waals surface area contributed by atoms with Crippen LogP contribution in [0.5, 0.6) is 5.75 Å². The van der Waals surface area contributed by atoms with Crippen molar-refractivity contribution in [2.75, 3.05) is 5.32 Å². The number of pyridine rings is 1. The molecule has 1 aliphatic rings. The molecule has 2 heterocycles. The number of carbonyl (C=O) groups excluding carboxylic acids is 1. The van der Waals surface area contributed by atoms with Gasteiger partial charge in [-0.05, 0) is 59.5 Å². The fourth-order valence-electron chi connectivity index (χ4n) is 4.23. The number of hydrogen-bond acceptors (Lipinski definition) is 4. The summed E-state index contributed by atoms with van der Waals surface area (Å²) in [6, 6.07) is 12.1. The monoisotopic (exact) mass is 483 g/mol. The van der Waals surface area contributed by atoms with Gasteiger partial charge in [-0.1, -0.05) is 51.2 Å². The molecule has 1 saturated carbocycles. The zero-order valence-electron chi connectivity index (χ0n) is 18.1. The number of para-hydroxylation sites is 1. The van der Waals surface area contributed by atoms with Crippen LogP contribution in [0.2, 0.25) is 0 Å². The first-order valence-corrected chi connectivity index (χ1v) is 12.2. The quantitative estimate of drug-likeness (QED) is 0.213. The number of benzene rings is 1. The number of anilines is 1. The zero-order chi connectivity index (χ0) is 21.6. The van der Waals surface area contributed by atoms with Crippen molar-refractivity contribution in [2.24, 2.45) is 0 Å². The van der Waals surface area contributed by atoms with Gasteiger partial charge in [0.05, 0.1) is 0 Å². The maximum absolute atomic E-state index is 12.4. The van der Waals surface area contributed by atoms with Crippen LogP contribution in [0.1, 0.15) is 64.7 Å². The summed E-state index contributed by atoms with van der Waals surface area (Å²) in [5.41, 5.74) is 2.52. The topological polar surface area (TPSA) is 55.6 Å². The third-order valence-corrected chi connectivity index (χ3v) is 6.35. The minimum absolute atomic E-state index is 0.186. The Labute approximate surface area is 192 Å². The van der Waals surface area contributed by atoms with Gasteiger partial charge in [-0.2, -0.15) is 0 Å². The van der Waals surface area contributed by atoms with Crippen LogP contribution < -0.4 is 10.1 Å². The molecule has 4 rings (SSSR count). The van der Waals surface area contributed by atoms with E-state index in [9.17, 15) is 4.79 Å². The Kier molecular flexibility index (Phi) is 7.28. The van der Waals surface area contributed by atoms with Crippen LogP contribution in [-0.4, -0.2) is 21.4 Å². The Balaban J connectivity index is 1.70. The van der Waals surface area contributed by atoms with Gasteiger partial charge in [0, 0.05) is 28.7 Å². The molecule has 0 bridgehead atoms. The number of nitrogens with one attached hydrogen (secondary N) is 1. The molecule has 0 radical (unpaired) electrons.